The van der Waals surface area contributed by atoms with Gasteiger partial charge in [-0.2, -0.15) is 0 Å². The van der Waals surface area contributed by atoms with Crippen LogP contribution in [0.3, 0.4) is 0 Å². The first-order valence-corrected chi connectivity index (χ1v) is 6.31. The maximum absolute atomic E-state index is 4.37. The van der Waals surface area contributed by atoms with Crippen molar-refractivity contribution < 1.29 is 0 Å². The molecule has 0 bridgehead atoms. The van der Waals surface area contributed by atoms with E-state index in [4.69, 9.17) is 0 Å². The first kappa shape index (κ1) is 12.1. The highest BCUT2D eigenvalue weighted by molar-refractivity contribution is 9.10. The molecule has 2 nitrogen and oxygen atoms in total. The fourth-order valence-electron chi connectivity index (χ4n) is 1.85. The molecule has 17 heavy (non-hydrogen) atoms. The molecule has 0 saturated heterocycles. The number of hydrogen-bond donors (Lipinski definition) is 1. The lowest BCUT2D eigenvalue weighted by molar-refractivity contribution is 1.24. The molecule has 88 valence electrons. The maximum Gasteiger partial charge on any atom is 0.133 e. The van der Waals surface area contributed by atoms with Crippen LogP contribution in [-0.2, 0) is 0 Å². The SMILES string of the molecule is Cc1cc(C)cc(Nc2ncc(Br)cc2C)c1. The minimum Gasteiger partial charge on any atom is -0.340 e. The van der Waals surface area contributed by atoms with Crippen LogP contribution in [-0.4, -0.2) is 4.98 Å². The second-order valence-corrected chi connectivity index (χ2v) is 5.24. The van der Waals surface area contributed by atoms with E-state index in [-0.39, 0.29) is 0 Å². The smallest absolute Gasteiger partial charge is 0.133 e. The van der Waals surface area contributed by atoms with Crippen molar-refractivity contribution in [2.75, 3.05) is 5.32 Å². The molecule has 0 fully saturated rings. The van der Waals surface area contributed by atoms with Gasteiger partial charge in [0.25, 0.3) is 0 Å². The molecule has 1 heterocycles. The van der Waals surface area contributed by atoms with Crippen molar-refractivity contribution in [3.63, 3.8) is 0 Å². The van der Waals surface area contributed by atoms with Crippen LogP contribution >= 0.6 is 15.9 Å². The van der Waals surface area contributed by atoms with E-state index >= 15 is 0 Å². The zero-order valence-electron chi connectivity index (χ0n) is 10.2. The lowest BCUT2D eigenvalue weighted by Crippen LogP contribution is -1.97. The van der Waals surface area contributed by atoms with Crippen molar-refractivity contribution in [2.45, 2.75) is 20.8 Å². The minimum absolute atomic E-state index is 0.901. The number of anilines is 2. The summed E-state index contributed by atoms with van der Waals surface area (Å²) in [5, 5.41) is 3.35. The van der Waals surface area contributed by atoms with Gasteiger partial charge in [-0.05, 0) is 71.6 Å². The van der Waals surface area contributed by atoms with Crippen LogP contribution in [0.25, 0.3) is 0 Å². The standard InChI is InChI=1S/C14H15BrN2/c1-9-4-10(2)6-13(5-9)17-14-11(3)7-12(15)8-16-14/h4-8H,1-3H3,(H,16,17). The minimum atomic E-state index is 0.901. The van der Waals surface area contributed by atoms with Crippen LogP contribution in [0, 0.1) is 20.8 Å². The molecule has 0 radical (unpaired) electrons. The molecule has 1 N–H and O–H groups in total. The molecule has 0 saturated carbocycles. The van der Waals surface area contributed by atoms with E-state index in [1.165, 1.54) is 11.1 Å². The number of pyridine rings is 1. The first-order chi connectivity index (χ1) is 8.04. The Morgan fingerprint density at radius 3 is 2.24 bits per heavy atom. The Bertz CT molecular complexity index is 530. The number of aryl methyl sites for hydroxylation is 3. The van der Waals surface area contributed by atoms with Crippen molar-refractivity contribution in [2.24, 2.45) is 0 Å². The number of benzene rings is 1. The lowest BCUT2D eigenvalue weighted by atomic mass is 10.1. The third-order valence-electron chi connectivity index (χ3n) is 2.53. The summed E-state index contributed by atoms with van der Waals surface area (Å²) < 4.78 is 1.00. The van der Waals surface area contributed by atoms with Crippen LogP contribution in [0.4, 0.5) is 11.5 Å². The Balaban J connectivity index is 2.31. The average molecular weight is 291 g/mol. The number of halogens is 1. The predicted octanol–water partition coefficient (Wildman–Crippen LogP) is 4.51. The van der Waals surface area contributed by atoms with Gasteiger partial charge in [-0.3, -0.25) is 0 Å². The van der Waals surface area contributed by atoms with Gasteiger partial charge in [0, 0.05) is 16.4 Å². The normalized spacial score (nSPS) is 10.4. The lowest BCUT2D eigenvalue weighted by Gasteiger charge is -2.10. The van der Waals surface area contributed by atoms with Crippen molar-refractivity contribution >= 4 is 27.4 Å². The van der Waals surface area contributed by atoms with Gasteiger partial charge in [0.1, 0.15) is 5.82 Å². The summed E-state index contributed by atoms with van der Waals surface area (Å²) in [6, 6.07) is 8.46. The number of rotatable bonds is 2. The zero-order valence-corrected chi connectivity index (χ0v) is 11.8. The molecular formula is C14H15BrN2. The highest BCUT2D eigenvalue weighted by atomic mass is 79.9. The van der Waals surface area contributed by atoms with Crippen LogP contribution in [0.2, 0.25) is 0 Å². The van der Waals surface area contributed by atoms with Crippen molar-refractivity contribution in [1.82, 2.24) is 4.98 Å². The summed E-state index contributed by atoms with van der Waals surface area (Å²) in [7, 11) is 0. The van der Waals surface area contributed by atoms with Crippen LogP contribution < -0.4 is 5.32 Å². The molecule has 0 aliphatic carbocycles. The van der Waals surface area contributed by atoms with Crippen LogP contribution in [0.1, 0.15) is 16.7 Å². The van der Waals surface area contributed by atoms with E-state index < -0.39 is 0 Å². The number of aromatic nitrogens is 1. The molecule has 0 unspecified atom stereocenters. The van der Waals surface area contributed by atoms with Crippen LogP contribution in [0.15, 0.2) is 34.9 Å². The molecule has 1 aromatic heterocycles. The van der Waals surface area contributed by atoms with Gasteiger partial charge in [-0.25, -0.2) is 4.98 Å². The summed E-state index contributed by atoms with van der Waals surface area (Å²) in [5.74, 6) is 0.901. The fourth-order valence-corrected chi connectivity index (χ4v) is 2.30. The van der Waals surface area contributed by atoms with Gasteiger partial charge in [0.15, 0.2) is 0 Å². The Morgan fingerprint density at radius 2 is 1.65 bits per heavy atom. The topological polar surface area (TPSA) is 24.9 Å². The third kappa shape index (κ3) is 3.07. The number of nitrogens with zero attached hydrogens (tertiary/aromatic N) is 1. The summed E-state index contributed by atoms with van der Waals surface area (Å²) in [6.07, 6.45) is 1.80. The van der Waals surface area contributed by atoms with Crippen molar-refractivity contribution in [1.29, 1.82) is 0 Å². The van der Waals surface area contributed by atoms with Gasteiger partial charge in [-0.15, -0.1) is 0 Å². The highest BCUT2D eigenvalue weighted by Gasteiger charge is 2.02. The van der Waals surface area contributed by atoms with Gasteiger partial charge in [0.05, 0.1) is 0 Å². The largest absolute Gasteiger partial charge is 0.340 e. The first-order valence-electron chi connectivity index (χ1n) is 5.52. The van der Waals surface area contributed by atoms with E-state index in [9.17, 15) is 0 Å². The van der Waals surface area contributed by atoms with E-state index in [2.05, 4.69) is 64.3 Å². The second kappa shape index (κ2) is 4.88. The molecule has 2 aromatic rings. The Kier molecular flexibility index (Phi) is 3.48. The Labute approximate surface area is 110 Å². The van der Waals surface area contributed by atoms with E-state index in [1.54, 1.807) is 6.20 Å². The summed E-state index contributed by atoms with van der Waals surface area (Å²) in [4.78, 5) is 4.37. The summed E-state index contributed by atoms with van der Waals surface area (Å²) >= 11 is 3.41. The van der Waals surface area contributed by atoms with Gasteiger partial charge in [-0.1, -0.05) is 6.07 Å². The maximum atomic E-state index is 4.37. The second-order valence-electron chi connectivity index (χ2n) is 4.32. The highest BCUT2D eigenvalue weighted by Crippen LogP contribution is 2.22. The van der Waals surface area contributed by atoms with E-state index in [0.717, 1.165) is 21.5 Å². The Hall–Kier alpha value is -1.35. The molecule has 1 aromatic carbocycles. The zero-order chi connectivity index (χ0) is 12.4. The quantitative estimate of drug-likeness (QED) is 0.880. The van der Waals surface area contributed by atoms with Gasteiger partial charge < -0.3 is 5.32 Å². The molecule has 0 spiro atoms. The summed E-state index contributed by atoms with van der Waals surface area (Å²) in [5.41, 5.74) is 4.71. The van der Waals surface area contributed by atoms with E-state index in [0.29, 0.717) is 0 Å². The van der Waals surface area contributed by atoms with Crippen molar-refractivity contribution in [3.8, 4) is 0 Å². The van der Waals surface area contributed by atoms with Gasteiger partial charge >= 0.3 is 0 Å². The number of hydrogen-bond acceptors (Lipinski definition) is 2. The third-order valence-corrected chi connectivity index (χ3v) is 2.96. The monoisotopic (exact) mass is 290 g/mol. The molecule has 3 heteroatoms. The molecule has 2 rings (SSSR count). The van der Waals surface area contributed by atoms with Crippen LogP contribution in [0.5, 0.6) is 0 Å². The molecule has 0 atom stereocenters. The fraction of sp³-hybridized carbons (Fsp3) is 0.214. The Morgan fingerprint density at radius 1 is 1.00 bits per heavy atom. The molecule has 0 aliphatic heterocycles. The average Bonchev–Trinajstić information content (AvgIpc) is 2.21. The van der Waals surface area contributed by atoms with Crippen molar-refractivity contribution in [3.05, 3.63) is 51.6 Å². The molecule has 0 aliphatic rings. The number of nitrogens with one attached hydrogen (secondary N) is 1. The predicted molar refractivity (Wildman–Crippen MR) is 75.9 cm³/mol. The molecular weight excluding hydrogens is 276 g/mol. The molecule has 0 amide bonds. The van der Waals surface area contributed by atoms with E-state index in [1.807, 2.05) is 6.92 Å². The van der Waals surface area contributed by atoms with Gasteiger partial charge in [0.2, 0.25) is 0 Å². The summed E-state index contributed by atoms with van der Waals surface area (Å²) in [6.45, 7) is 6.24.